The van der Waals surface area contributed by atoms with E-state index >= 15 is 0 Å². The van der Waals surface area contributed by atoms with Crippen LogP contribution < -0.4 is 9.62 Å². The topological polar surface area (TPSA) is 90.3 Å². The molecule has 0 saturated carbocycles. The Morgan fingerprint density at radius 3 is 2.57 bits per heavy atom. The maximum Gasteiger partial charge on any atom is 0.267 e. The van der Waals surface area contributed by atoms with E-state index in [4.69, 9.17) is 16.9 Å². The Morgan fingerprint density at radius 2 is 1.89 bits per heavy atom. The lowest BCUT2D eigenvalue weighted by Crippen LogP contribution is -2.28. The molecule has 0 bridgehead atoms. The van der Waals surface area contributed by atoms with Gasteiger partial charge in [0.1, 0.15) is 4.88 Å². The maximum atomic E-state index is 12.9. The Morgan fingerprint density at radius 1 is 1.18 bits per heavy atom. The highest BCUT2D eigenvalue weighted by Gasteiger charge is 2.26. The van der Waals surface area contributed by atoms with Gasteiger partial charge in [-0.2, -0.15) is 5.26 Å². The molecular formula is C19H14ClN3O3S2. The van der Waals surface area contributed by atoms with Gasteiger partial charge in [0, 0.05) is 17.8 Å². The number of nitrogens with one attached hydrogen (secondary N) is 1. The molecule has 1 heterocycles. The van der Waals surface area contributed by atoms with Gasteiger partial charge in [0.05, 0.1) is 22.2 Å². The average Bonchev–Trinajstić information content (AvgIpc) is 3.17. The standard InChI is InChI=1S/C19H14ClN3O3S2/c1-23(28(25,26)16-7-5-14(20)6-8-16)17-9-10-27-18(17)19(24)22-15-4-2-3-13(11-15)12-21/h2-11H,1H3,(H,22,24). The van der Waals surface area contributed by atoms with Crippen LogP contribution in [0.15, 0.2) is 64.9 Å². The van der Waals surface area contributed by atoms with E-state index in [2.05, 4.69) is 5.32 Å². The third-order valence-corrected chi connectivity index (χ3v) is 6.85. The molecule has 1 N–H and O–H groups in total. The molecule has 0 unspecified atom stereocenters. The van der Waals surface area contributed by atoms with Crippen LogP contribution in [0.25, 0.3) is 0 Å². The molecule has 1 amide bonds. The number of sulfonamides is 1. The normalized spacial score (nSPS) is 10.9. The zero-order chi connectivity index (χ0) is 20.3. The zero-order valence-electron chi connectivity index (χ0n) is 14.6. The Kier molecular flexibility index (Phi) is 5.70. The predicted molar refractivity (Wildman–Crippen MR) is 110 cm³/mol. The van der Waals surface area contributed by atoms with Crippen LogP contribution in [0.2, 0.25) is 5.02 Å². The summed E-state index contributed by atoms with van der Waals surface area (Å²) in [5.41, 5.74) is 1.12. The minimum atomic E-state index is -3.86. The molecule has 0 aliphatic rings. The molecule has 0 saturated heterocycles. The quantitative estimate of drug-likeness (QED) is 0.650. The zero-order valence-corrected chi connectivity index (χ0v) is 17.0. The van der Waals surface area contributed by atoms with E-state index in [1.807, 2.05) is 6.07 Å². The number of nitriles is 1. The number of thiophene rings is 1. The summed E-state index contributed by atoms with van der Waals surface area (Å²) in [6.45, 7) is 0. The van der Waals surface area contributed by atoms with Gasteiger partial charge < -0.3 is 5.32 Å². The number of anilines is 2. The number of carbonyl (C=O) groups excluding carboxylic acids is 1. The van der Waals surface area contributed by atoms with Crippen molar-refractivity contribution >= 4 is 50.2 Å². The van der Waals surface area contributed by atoms with Gasteiger partial charge in [-0.15, -0.1) is 11.3 Å². The largest absolute Gasteiger partial charge is 0.321 e. The van der Waals surface area contributed by atoms with Crippen molar-refractivity contribution in [2.45, 2.75) is 4.90 Å². The van der Waals surface area contributed by atoms with Gasteiger partial charge in [-0.05, 0) is 53.9 Å². The summed E-state index contributed by atoms with van der Waals surface area (Å²) >= 11 is 6.95. The number of hydrogen-bond acceptors (Lipinski definition) is 5. The predicted octanol–water partition coefficient (Wildman–Crippen LogP) is 4.35. The SMILES string of the molecule is CN(c1ccsc1C(=O)Nc1cccc(C#N)c1)S(=O)(=O)c1ccc(Cl)cc1. The number of benzene rings is 2. The lowest BCUT2D eigenvalue weighted by Gasteiger charge is -2.19. The first-order valence-electron chi connectivity index (χ1n) is 7.96. The lowest BCUT2D eigenvalue weighted by atomic mass is 10.2. The molecule has 142 valence electrons. The van der Waals surface area contributed by atoms with Crippen LogP contribution in [0.1, 0.15) is 15.2 Å². The van der Waals surface area contributed by atoms with Crippen LogP contribution in [0, 0.1) is 11.3 Å². The van der Waals surface area contributed by atoms with Gasteiger partial charge in [0.25, 0.3) is 15.9 Å². The van der Waals surface area contributed by atoms with Crippen molar-refractivity contribution in [2.75, 3.05) is 16.7 Å². The van der Waals surface area contributed by atoms with Crippen molar-refractivity contribution in [1.29, 1.82) is 5.26 Å². The van der Waals surface area contributed by atoms with E-state index in [1.165, 1.54) is 31.3 Å². The molecule has 0 radical (unpaired) electrons. The Labute approximate surface area is 171 Å². The van der Waals surface area contributed by atoms with Crippen molar-refractivity contribution in [3.63, 3.8) is 0 Å². The van der Waals surface area contributed by atoms with Crippen molar-refractivity contribution in [3.8, 4) is 6.07 Å². The summed E-state index contributed by atoms with van der Waals surface area (Å²) in [7, 11) is -2.47. The van der Waals surface area contributed by atoms with Gasteiger partial charge >= 0.3 is 0 Å². The second-order valence-electron chi connectivity index (χ2n) is 5.71. The van der Waals surface area contributed by atoms with E-state index in [1.54, 1.807) is 35.7 Å². The minimum Gasteiger partial charge on any atom is -0.321 e. The fraction of sp³-hybridized carbons (Fsp3) is 0.0526. The lowest BCUT2D eigenvalue weighted by molar-refractivity contribution is 0.103. The fourth-order valence-electron chi connectivity index (χ4n) is 2.47. The first-order chi connectivity index (χ1) is 13.3. The summed E-state index contributed by atoms with van der Waals surface area (Å²) in [5, 5.41) is 13.7. The van der Waals surface area contributed by atoms with Crippen molar-refractivity contribution in [2.24, 2.45) is 0 Å². The Hall–Kier alpha value is -2.86. The molecule has 2 aromatic carbocycles. The van der Waals surface area contributed by atoms with Crippen molar-refractivity contribution in [1.82, 2.24) is 0 Å². The Balaban J connectivity index is 1.89. The third kappa shape index (κ3) is 4.02. The smallest absolute Gasteiger partial charge is 0.267 e. The van der Waals surface area contributed by atoms with Crippen molar-refractivity contribution in [3.05, 3.63) is 75.4 Å². The molecule has 0 atom stereocenters. The summed E-state index contributed by atoms with van der Waals surface area (Å²) in [4.78, 5) is 13.0. The van der Waals surface area contributed by atoms with E-state index in [0.717, 1.165) is 15.6 Å². The maximum absolute atomic E-state index is 12.9. The third-order valence-electron chi connectivity index (χ3n) is 3.91. The summed E-state index contributed by atoms with van der Waals surface area (Å²) in [6, 6.07) is 15.8. The van der Waals surface area contributed by atoms with Gasteiger partial charge in [-0.25, -0.2) is 8.42 Å². The van der Waals surface area contributed by atoms with Gasteiger partial charge in [0.2, 0.25) is 0 Å². The molecule has 6 nitrogen and oxygen atoms in total. The molecule has 9 heteroatoms. The summed E-state index contributed by atoms with van der Waals surface area (Å²) in [5.74, 6) is -0.460. The molecule has 0 spiro atoms. The van der Waals surface area contributed by atoms with E-state index in [9.17, 15) is 13.2 Å². The average molecular weight is 432 g/mol. The van der Waals surface area contributed by atoms with E-state index in [-0.39, 0.29) is 15.5 Å². The summed E-state index contributed by atoms with van der Waals surface area (Å²) in [6.07, 6.45) is 0. The molecule has 3 aromatic rings. The van der Waals surface area contributed by atoms with Gasteiger partial charge in [-0.1, -0.05) is 17.7 Å². The number of hydrogen-bond donors (Lipinski definition) is 1. The number of carbonyl (C=O) groups is 1. The van der Waals surface area contributed by atoms with Crippen LogP contribution in [0.5, 0.6) is 0 Å². The summed E-state index contributed by atoms with van der Waals surface area (Å²) < 4.78 is 26.8. The second kappa shape index (κ2) is 8.02. The molecule has 0 aliphatic heterocycles. The molecule has 1 aromatic heterocycles. The van der Waals surface area contributed by atoms with E-state index in [0.29, 0.717) is 16.3 Å². The number of rotatable bonds is 5. The van der Waals surface area contributed by atoms with Gasteiger partial charge in [-0.3, -0.25) is 9.10 Å². The molecule has 0 aliphatic carbocycles. The van der Waals surface area contributed by atoms with Crippen molar-refractivity contribution < 1.29 is 13.2 Å². The minimum absolute atomic E-state index is 0.0682. The fourth-order valence-corrected chi connectivity index (χ4v) is 4.68. The highest BCUT2D eigenvalue weighted by atomic mass is 35.5. The molecule has 3 rings (SSSR count). The molecule has 0 fully saturated rings. The number of amides is 1. The van der Waals surface area contributed by atoms with Crippen LogP contribution in [-0.4, -0.2) is 21.4 Å². The van der Waals surface area contributed by atoms with Crippen LogP contribution in [-0.2, 0) is 10.0 Å². The first kappa shape index (κ1) is 19.9. The Bertz CT molecular complexity index is 1170. The molecular weight excluding hydrogens is 418 g/mol. The van der Waals surface area contributed by atoms with E-state index < -0.39 is 15.9 Å². The van der Waals surface area contributed by atoms with Crippen LogP contribution in [0.4, 0.5) is 11.4 Å². The van der Waals surface area contributed by atoms with Crippen LogP contribution in [0.3, 0.4) is 0 Å². The number of halogens is 1. The first-order valence-corrected chi connectivity index (χ1v) is 10.7. The second-order valence-corrected chi connectivity index (χ2v) is 9.03. The van der Waals surface area contributed by atoms with Crippen LogP contribution >= 0.6 is 22.9 Å². The monoisotopic (exact) mass is 431 g/mol. The highest BCUT2D eigenvalue weighted by molar-refractivity contribution is 7.92. The molecule has 28 heavy (non-hydrogen) atoms. The number of nitrogens with zero attached hydrogens (tertiary/aromatic N) is 2. The van der Waals surface area contributed by atoms with Gasteiger partial charge in [0.15, 0.2) is 0 Å². The highest BCUT2D eigenvalue weighted by Crippen LogP contribution is 2.31.